The lowest BCUT2D eigenvalue weighted by molar-refractivity contribution is -0.143. The molecule has 1 aliphatic heterocycles. The van der Waals surface area contributed by atoms with Gasteiger partial charge in [-0.05, 0) is 6.92 Å². The number of hydrogen-bond donors (Lipinski definition) is 2. The van der Waals surface area contributed by atoms with Gasteiger partial charge in [0.1, 0.15) is 11.5 Å². The number of thioether (sulfide) groups is 1. The molecule has 2 N–H and O–H groups in total. The van der Waals surface area contributed by atoms with Crippen LogP contribution in [0.1, 0.15) is 20.3 Å². The second-order valence-corrected chi connectivity index (χ2v) is 5.03. The molecule has 0 aliphatic carbocycles. The standard InChI is InChI=1S/C9H15F2NO2S/c1-4-6(13)3-7(8(10)11)14-9(4)15-5(2)12/h4,6-9,12-13H,3H2,1-2H3/t4-,6+,7+,9-/m1/s1. The molecule has 4 atom stereocenters. The normalized spacial score (nSPS) is 36.9. The number of rotatable bonds is 2. The molecule has 0 radical (unpaired) electrons. The minimum Gasteiger partial charge on any atom is -0.393 e. The molecule has 1 heterocycles. The zero-order valence-electron chi connectivity index (χ0n) is 8.61. The second kappa shape index (κ2) is 5.23. The fraction of sp³-hybridized carbons (Fsp3) is 0.889. The third-order valence-corrected chi connectivity index (χ3v) is 3.52. The zero-order valence-corrected chi connectivity index (χ0v) is 9.43. The molecular formula is C9H15F2NO2S. The van der Waals surface area contributed by atoms with Crippen LogP contribution in [0.25, 0.3) is 0 Å². The van der Waals surface area contributed by atoms with Crippen LogP contribution in [0, 0.1) is 11.3 Å². The fourth-order valence-electron chi connectivity index (χ4n) is 1.46. The molecule has 1 rings (SSSR count). The fourth-order valence-corrected chi connectivity index (χ4v) is 2.40. The highest BCUT2D eigenvalue weighted by atomic mass is 32.2. The molecule has 0 saturated carbocycles. The Balaban J connectivity index is 2.64. The molecule has 1 aliphatic rings. The lowest BCUT2D eigenvalue weighted by Gasteiger charge is -2.37. The molecule has 0 aromatic carbocycles. The van der Waals surface area contributed by atoms with E-state index in [1.165, 1.54) is 0 Å². The largest absolute Gasteiger partial charge is 0.393 e. The van der Waals surface area contributed by atoms with Crippen LogP contribution in [0.2, 0.25) is 0 Å². The number of aliphatic hydroxyl groups is 1. The number of halogens is 2. The first-order valence-electron chi connectivity index (χ1n) is 4.75. The van der Waals surface area contributed by atoms with Gasteiger partial charge < -0.3 is 9.84 Å². The van der Waals surface area contributed by atoms with Crippen molar-refractivity contribution in [2.45, 2.75) is 44.3 Å². The predicted octanol–water partition coefficient (Wildman–Crippen LogP) is 2.09. The first-order chi connectivity index (χ1) is 6.91. The van der Waals surface area contributed by atoms with Gasteiger partial charge in [0.15, 0.2) is 0 Å². The number of ether oxygens (including phenoxy) is 1. The summed E-state index contributed by atoms with van der Waals surface area (Å²) in [5, 5.41) is 17.2. The molecule has 88 valence electrons. The monoisotopic (exact) mass is 239 g/mol. The molecule has 0 bridgehead atoms. The van der Waals surface area contributed by atoms with Gasteiger partial charge in [0, 0.05) is 12.3 Å². The van der Waals surface area contributed by atoms with E-state index in [-0.39, 0.29) is 12.3 Å². The van der Waals surface area contributed by atoms with Gasteiger partial charge in [0.2, 0.25) is 0 Å². The van der Waals surface area contributed by atoms with Gasteiger partial charge in [-0.2, -0.15) is 0 Å². The van der Waals surface area contributed by atoms with Gasteiger partial charge in [-0.1, -0.05) is 18.7 Å². The highest BCUT2D eigenvalue weighted by Crippen LogP contribution is 2.34. The van der Waals surface area contributed by atoms with Crippen LogP contribution < -0.4 is 0 Å². The summed E-state index contributed by atoms with van der Waals surface area (Å²) in [6.07, 6.45) is -4.61. The van der Waals surface area contributed by atoms with Crippen molar-refractivity contribution in [2.75, 3.05) is 0 Å². The molecule has 0 aromatic rings. The predicted molar refractivity (Wildman–Crippen MR) is 55.4 cm³/mol. The maximum Gasteiger partial charge on any atom is 0.264 e. The summed E-state index contributed by atoms with van der Waals surface area (Å²) in [5.41, 5.74) is -0.551. The maximum absolute atomic E-state index is 12.4. The topological polar surface area (TPSA) is 53.3 Å². The molecule has 6 heteroatoms. The van der Waals surface area contributed by atoms with E-state index in [1.807, 2.05) is 0 Å². The van der Waals surface area contributed by atoms with Gasteiger partial charge in [-0.3, -0.25) is 5.41 Å². The Bertz CT molecular complexity index is 240. The number of aliphatic hydroxyl groups excluding tert-OH is 1. The van der Waals surface area contributed by atoms with Gasteiger partial charge >= 0.3 is 0 Å². The van der Waals surface area contributed by atoms with Gasteiger partial charge in [0.05, 0.1) is 11.1 Å². The van der Waals surface area contributed by atoms with E-state index < -0.39 is 24.1 Å². The smallest absolute Gasteiger partial charge is 0.264 e. The molecule has 0 spiro atoms. The van der Waals surface area contributed by atoms with Crippen LogP contribution in [-0.2, 0) is 4.74 Å². The summed E-state index contributed by atoms with van der Waals surface area (Å²) < 4.78 is 30.0. The SMILES string of the molecule is CC(=N)S[C@H]1O[C@H](C(F)F)C[C@H](O)[C@H]1C. The van der Waals surface area contributed by atoms with Crippen LogP contribution in [-0.4, -0.2) is 34.2 Å². The molecular weight excluding hydrogens is 224 g/mol. The van der Waals surface area contributed by atoms with Crippen molar-refractivity contribution >= 4 is 16.8 Å². The second-order valence-electron chi connectivity index (χ2n) is 3.71. The van der Waals surface area contributed by atoms with Crippen molar-refractivity contribution in [3.8, 4) is 0 Å². The third-order valence-electron chi connectivity index (χ3n) is 2.39. The average molecular weight is 239 g/mol. The van der Waals surface area contributed by atoms with Crippen LogP contribution in [0.4, 0.5) is 8.78 Å². The van der Waals surface area contributed by atoms with E-state index in [4.69, 9.17) is 10.1 Å². The number of alkyl halides is 2. The van der Waals surface area contributed by atoms with E-state index in [2.05, 4.69) is 0 Å². The lowest BCUT2D eigenvalue weighted by Crippen LogP contribution is -2.44. The summed E-state index contributed by atoms with van der Waals surface area (Å²) in [6.45, 7) is 3.31. The van der Waals surface area contributed by atoms with Crippen molar-refractivity contribution in [3.63, 3.8) is 0 Å². The first-order valence-corrected chi connectivity index (χ1v) is 5.63. The van der Waals surface area contributed by atoms with Crippen molar-refractivity contribution in [2.24, 2.45) is 5.92 Å². The number of nitrogens with one attached hydrogen (secondary N) is 1. The molecule has 0 aromatic heterocycles. The molecule has 0 unspecified atom stereocenters. The van der Waals surface area contributed by atoms with E-state index in [9.17, 15) is 13.9 Å². The van der Waals surface area contributed by atoms with E-state index in [0.29, 0.717) is 5.04 Å². The summed E-state index contributed by atoms with van der Waals surface area (Å²) in [5.74, 6) is -0.231. The van der Waals surface area contributed by atoms with E-state index in [0.717, 1.165) is 11.8 Å². The molecule has 0 amide bonds. The Labute approximate surface area is 91.7 Å². The van der Waals surface area contributed by atoms with Gasteiger partial charge in [-0.25, -0.2) is 8.78 Å². The van der Waals surface area contributed by atoms with Crippen LogP contribution >= 0.6 is 11.8 Å². The minimum atomic E-state index is -2.58. The van der Waals surface area contributed by atoms with Crippen molar-refractivity contribution in [1.29, 1.82) is 5.41 Å². The van der Waals surface area contributed by atoms with Crippen LogP contribution in [0.3, 0.4) is 0 Å². The van der Waals surface area contributed by atoms with Gasteiger partial charge in [0.25, 0.3) is 6.43 Å². The molecule has 15 heavy (non-hydrogen) atoms. The molecule has 3 nitrogen and oxygen atoms in total. The summed E-state index contributed by atoms with van der Waals surface area (Å²) in [7, 11) is 0. The van der Waals surface area contributed by atoms with Crippen molar-refractivity contribution < 1.29 is 18.6 Å². The minimum absolute atomic E-state index is 0.0348. The summed E-state index contributed by atoms with van der Waals surface area (Å²) in [4.78, 5) is 0. The van der Waals surface area contributed by atoms with Crippen molar-refractivity contribution in [1.82, 2.24) is 0 Å². The highest BCUT2D eigenvalue weighted by molar-refractivity contribution is 8.14. The molecule has 1 saturated heterocycles. The average Bonchev–Trinajstić information content (AvgIpc) is 2.11. The third kappa shape index (κ3) is 3.39. The lowest BCUT2D eigenvalue weighted by atomic mass is 9.97. The van der Waals surface area contributed by atoms with E-state index in [1.54, 1.807) is 13.8 Å². The Hall–Kier alpha value is -0.200. The van der Waals surface area contributed by atoms with Crippen molar-refractivity contribution in [3.05, 3.63) is 0 Å². The summed E-state index contributed by atoms with van der Waals surface area (Å²) in [6, 6.07) is 0. The Morgan fingerprint density at radius 3 is 2.67 bits per heavy atom. The van der Waals surface area contributed by atoms with Crippen LogP contribution in [0.5, 0.6) is 0 Å². The highest BCUT2D eigenvalue weighted by Gasteiger charge is 2.39. The Morgan fingerprint density at radius 2 is 2.20 bits per heavy atom. The summed E-state index contributed by atoms with van der Waals surface area (Å²) >= 11 is 1.08. The van der Waals surface area contributed by atoms with E-state index >= 15 is 0 Å². The quantitative estimate of drug-likeness (QED) is 0.573. The Kier molecular flexibility index (Phi) is 4.48. The maximum atomic E-state index is 12.4. The van der Waals surface area contributed by atoms with Gasteiger partial charge in [-0.15, -0.1) is 0 Å². The zero-order chi connectivity index (χ0) is 11.6. The molecule has 1 fully saturated rings. The first kappa shape index (κ1) is 12.9. The van der Waals surface area contributed by atoms with Crippen LogP contribution in [0.15, 0.2) is 0 Å². The number of hydrogen-bond acceptors (Lipinski definition) is 4. The Morgan fingerprint density at radius 1 is 1.60 bits per heavy atom.